The van der Waals surface area contributed by atoms with E-state index in [-0.39, 0.29) is 31.1 Å². The minimum Gasteiger partial charge on any atom is -0.504 e. The van der Waals surface area contributed by atoms with E-state index in [1.54, 1.807) is 0 Å². The molecule has 0 aliphatic rings. The predicted octanol–water partition coefficient (Wildman–Crippen LogP) is 6.62. The summed E-state index contributed by atoms with van der Waals surface area (Å²) in [6.45, 7) is 18.0. The molecule has 0 amide bonds. The van der Waals surface area contributed by atoms with Crippen molar-refractivity contribution in [3.05, 3.63) is 19.6 Å². The third-order valence-electron chi connectivity index (χ3n) is 2.50. The Hall–Kier alpha value is 0.792. The van der Waals surface area contributed by atoms with Crippen molar-refractivity contribution in [2.24, 2.45) is 5.92 Å². The van der Waals surface area contributed by atoms with E-state index in [0.29, 0.717) is 0 Å². The van der Waals surface area contributed by atoms with Crippen molar-refractivity contribution in [2.45, 2.75) is 86.0 Å². The van der Waals surface area contributed by atoms with Crippen molar-refractivity contribution < 1.29 is 31.1 Å². The summed E-state index contributed by atoms with van der Waals surface area (Å²) in [5.74, 6) is 0.844. The zero-order valence-electron chi connectivity index (χ0n) is 13.6. The van der Waals surface area contributed by atoms with E-state index < -0.39 is 0 Å². The van der Waals surface area contributed by atoms with Crippen molar-refractivity contribution >= 4 is 0 Å². The van der Waals surface area contributed by atoms with Crippen molar-refractivity contribution in [3.63, 3.8) is 0 Å². The van der Waals surface area contributed by atoms with Gasteiger partial charge in [-0.25, -0.2) is 0 Å². The monoisotopic (exact) mass is 478 g/mol. The Morgan fingerprint density at radius 1 is 1.06 bits per heavy atom. The normalized spacial score (nSPS) is 9.89. The van der Waals surface area contributed by atoms with E-state index in [1.165, 1.54) is 38.5 Å². The van der Waals surface area contributed by atoms with Gasteiger partial charge in [-0.05, 0) is 0 Å². The van der Waals surface area contributed by atoms with Gasteiger partial charge < -0.3 is 13.0 Å². The summed E-state index contributed by atoms with van der Waals surface area (Å²) in [5.41, 5.74) is 0. The van der Waals surface area contributed by atoms with Crippen LogP contribution in [0.4, 0.5) is 0 Å². The molecule has 1 heteroatoms. The van der Waals surface area contributed by atoms with Crippen LogP contribution in [0.1, 0.15) is 86.0 Å². The molecule has 0 radical (unpaired) electrons. The first-order valence-corrected chi connectivity index (χ1v) is 7.52. The van der Waals surface area contributed by atoms with E-state index in [0.717, 1.165) is 18.8 Å². The van der Waals surface area contributed by atoms with Crippen LogP contribution in [0.3, 0.4) is 0 Å². The van der Waals surface area contributed by atoms with Crippen LogP contribution in [0.25, 0.3) is 0 Å². The van der Waals surface area contributed by atoms with E-state index in [1.807, 2.05) is 13.8 Å². The molecule has 0 aromatic rings. The van der Waals surface area contributed by atoms with Crippen LogP contribution < -0.4 is 0 Å². The quantitative estimate of drug-likeness (QED) is 0.272. The van der Waals surface area contributed by atoms with Crippen LogP contribution in [0.5, 0.6) is 0 Å². The molecule has 0 aliphatic heterocycles. The standard InChI is InChI=1S/C9H19.C6H11.C2H6.U/c1-4-6-7-8-9(3)5-2;1-3-5-6-4-2;1-2;/h9H,2,4-8H2,1,3H3;1,4-6H2,2H3;1-2H3;/q2*-1;;+2. The molecule has 1 unspecified atom stereocenters. The number of unbranched alkanes of at least 4 members (excludes halogenated alkanes) is 4. The van der Waals surface area contributed by atoms with E-state index >= 15 is 0 Å². The van der Waals surface area contributed by atoms with Gasteiger partial charge in [0.1, 0.15) is 0 Å². The largest absolute Gasteiger partial charge is 2.00 e. The molecule has 0 heterocycles. The molecule has 0 nitrogen and oxygen atoms in total. The molecule has 0 rings (SSSR count). The van der Waals surface area contributed by atoms with E-state index in [2.05, 4.69) is 40.3 Å². The summed E-state index contributed by atoms with van der Waals surface area (Å²) < 4.78 is 0. The second-order valence-corrected chi connectivity index (χ2v) is 4.24. The molecule has 0 aromatic heterocycles. The Balaban J connectivity index is -0.0000000958. The second-order valence-electron chi connectivity index (χ2n) is 4.24. The number of allylic oxidation sites excluding steroid dienone is 1. The van der Waals surface area contributed by atoms with Gasteiger partial charge in [-0.15, -0.1) is 0 Å². The minimum absolute atomic E-state index is 0. The molecule has 0 bridgehead atoms. The van der Waals surface area contributed by atoms with Crippen LogP contribution in [0.15, 0.2) is 6.58 Å². The van der Waals surface area contributed by atoms with Crippen LogP contribution in [-0.2, 0) is 0 Å². The maximum absolute atomic E-state index is 3.86. The van der Waals surface area contributed by atoms with Crippen LogP contribution >= 0.6 is 0 Å². The van der Waals surface area contributed by atoms with Gasteiger partial charge in [0.15, 0.2) is 0 Å². The van der Waals surface area contributed by atoms with Crippen molar-refractivity contribution in [2.75, 3.05) is 0 Å². The fourth-order valence-electron chi connectivity index (χ4n) is 1.19. The van der Waals surface area contributed by atoms with Gasteiger partial charge in [-0.3, -0.25) is 6.58 Å². The maximum Gasteiger partial charge on any atom is 2.00 e. The SMILES string of the molecule is C=[C-]CCCC.CC.[CH2-]CC(C)CCCCC.[U+2]. The zero-order chi connectivity index (χ0) is 13.9. The molecular formula is C17H36U. The van der Waals surface area contributed by atoms with Crippen molar-refractivity contribution in [3.8, 4) is 0 Å². The third-order valence-corrected chi connectivity index (χ3v) is 2.50. The summed E-state index contributed by atoms with van der Waals surface area (Å²) in [7, 11) is 0. The Morgan fingerprint density at radius 3 is 1.83 bits per heavy atom. The molecule has 0 saturated carbocycles. The van der Waals surface area contributed by atoms with Crippen LogP contribution in [0.2, 0.25) is 0 Å². The first kappa shape index (κ1) is 27.2. The van der Waals surface area contributed by atoms with E-state index in [4.69, 9.17) is 0 Å². The number of hydrogen-bond acceptors (Lipinski definition) is 0. The molecule has 108 valence electrons. The third kappa shape index (κ3) is 36.0. The molecular weight excluding hydrogens is 442 g/mol. The summed E-state index contributed by atoms with van der Waals surface area (Å²) >= 11 is 0. The molecule has 18 heavy (non-hydrogen) atoms. The molecule has 0 aromatic carbocycles. The smallest absolute Gasteiger partial charge is 0.504 e. The summed E-state index contributed by atoms with van der Waals surface area (Å²) in [4.78, 5) is 0. The number of hydrogen-bond donors (Lipinski definition) is 0. The average Bonchev–Trinajstić information content (AvgIpc) is 2.39. The Bertz CT molecular complexity index is 110. The second kappa shape index (κ2) is 30.7. The topological polar surface area (TPSA) is 0 Å². The van der Waals surface area contributed by atoms with Gasteiger partial charge in [-0.1, -0.05) is 79.1 Å². The molecule has 0 spiro atoms. The summed E-state index contributed by atoms with van der Waals surface area (Å²) in [5, 5.41) is 0. The fraction of sp³-hybridized carbons (Fsp3) is 0.824. The zero-order valence-corrected chi connectivity index (χ0v) is 17.8. The van der Waals surface area contributed by atoms with Gasteiger partial charge in [0.05, 0.1) is 0 Å². The average molecular weight is 479 g/mol. The molecule has 1 atom stereocenters. The Morgan fingerprint density at radius 2 is 1.56 bits per heavy atom. The maximum atomic E-state index is 3.86. The van der Waals surface area contributed by atoms with E-state index in [9.17, 15) is 0 Å². The fourth-order valence-corrected chi connectivity index (χ4v) is 1.19. The van der Waals surface area contributed by atoms with Gasteiger partial charge in [-0.2, -0.15) is 12.8 Å². The Kier molecular flexibility index (Phi) is 46.3. The van der Waals surface area contributed by atoms with Crippen LogP contribution in [0, 0.1) is 50.0 Å². The Labute approximate surface area is 142 Å². The summed E-state index contributed by atoms with van der Waals surface area (Å²) in [6.07, 6.45) is 13.0. The van der Waals surface area contributed by atoms with Crippen LogP contribution in [-0.4, -0.2) is 0 Å². The first-order chi connectivity index (χ1) is 8.22. The van der Waals surface area contributed by atoms with Crippen molar-refractivity contribution in [1.29, 1.82) is 0 Å². The predicted molar refractivity (Wildman–Crippen MR) is 83.0 cm³/mol. The van der Waals surface area contributed by atoms with Gasteiger partial charge >= 0.3 is 31.1 Å². The first-order valence-electron chi connectivity index (χ1n) is 7.52. The van der Waals surface area contributed by atoms with Gasteiger partial charge in [0, 0.05) is 0 Å². The van der Waals surface area contributed by atoms with Gasteiger partial charge in [0.25, 0.3) is 0 Å². The number of rotatable bonds is 8. The molecule has 0 N–H and O–H groups in total. The van der Waals surface area contributed by atoms with Gasteiger partial charge in [0.2, 0.25) is 0 Å². The molecule has 0 saturated heterocycles. The molecule has 0 fully saturated rings. The summed E-state index contributed by atoms with van der Waals surface area (Å²) in [6, 6.07) is 0. The minimum atomic E-state index is 0. The van der Waals surface area contributed by atoms with Crippen molar-refractivity contribution in [1.82, 2.24) is 0 Å². The molecule has 0 aliphatic carbocycles.